The molecule has 3 atom stereocenters. The molecule has 1 aromatic carbocycles. The van der Waals surface area contributed by atoms with Gasteiger partial charge >= 0.3 is 6.09 Å². The Morgan fingerprint density at radius 3 is 2.14 bits per heavy atom. The van der Waals surface area contributed by atoms with E-state index in [4.69, 9.17) is 4.74 Å². The number of nitrogens with zero attached hydrogens (tertiary/aromatic N) is 1. The van der Waals surface area contributed by atoms with Crippen molar-refractivity contribution in [1.29, 1.82) is 0 Å². The molecular formula is C30H49N3O4. The van der Waals surface area contributed by atoms with Crippen molar-refractivity contribution in [3.63, 3.8) is 0 Å². The van der Waals surface area contributed by atoms with Gasteiger partial charge in [0.25, 0.3) is 0 Å². The summed E-state index contributed by atoms with van der Waals surface area (Å²) in [6, 6.07) is 6.16. The normalized spacial score (nSPS) is 17.3. The summed E-state index contributed by atoms with van der Waals surface area (Å²) in [5.41, 5.74) is 0.336. The minimum atomic E-state index is -0.840. The van der Waals surface area contributed by atoms with Crippen molar-refractivity contribution in [3.05, 3.63) is 35.4 Å². The summed E-state index contributed by atoms with van der Waals surface area (Å²) in [5.74, 6) is -0.631. The Hall–Kier alpha value is -2.57. The number of carbonyl (C=O) groups excluding carboxylic acids is 3. The van der Waals surface area contributed by atoms with Gasteiger partial charge in [0, 0.05) is 11.6 Å². The van der Waals surface area contributed by atoms with Crippen LogP contribution in [-0.4, -0.2) is 46.0 Å². The van der Waals surface area contributed by atoms with E-state index in [-0.39, 0.29) is 23.8 Å². The van der Waals surface area contributed by atoms with Crippen molar-refractivity contribution in [2.75, 3.05) is 0 Å². The van der Waals surface area contributed by atoms with E-state index in [2.05, 4.69) is 10.6 Å². The Balaban J connectivity index is 2.54. The Morgan fingerprint density at radius 1 is 1.03 bits per heavy atom. The van der Waals surface area contributed by atoms with Gasteiger partial charge in [-0.2, -0.15) is 0 Å². The SMILES string of the molecule is CCC(C)C(NC(=O)OC(C)(C)C)C(=O)N(C(C(=O)NC1CCCCC1)c1ccccc1C)C(C)(C)C. The standard InChI is InChI=1S/C30H49N3O4/c1-10-20(2)24(32-28(36)37-30(7,8)9)27(35)33(29(4,5)6)25(23-19-15-14-16-21(23)3)26(34)31-22-17-12-11-13-18-22/h14-16,19-20,22,24-25H,10-13,17-18H2,1-9H3,(H,31,34)(H,32,36). The van der Waals surface area contributed by atoms with Crippen LogP contribution in [-0.2, 0) is 14.3 Å². The first-order chi connectivity index (χ1) is 17.2. The van der Waals surface area contributed by atoms with Crippen LogP contribution in [0.4, 0.5) is 4.79 Å². The van der Waals surface area contributed by atoms with Crippen LogP contribution in [0.3, 0.4) is 0 Å². The smallest absolute Gasteiger partial charge is 0.408 e. The largest absolute Gasteiger partial charge is 0.444 e. The van der Waals surface area contributed by atoms with E-state index < -0.39 is 29.3 Å². The fourth-order valence-corrected chi connectivity index (χ4v) is 4.93. The number of benzene rings is 1. The van der Waals surface area contributed by atoms with Crippen molar-refractivity contribution < 1.29 is 19.1 Å². The number of alkyl carbamates (subject to hydrolysis) is 1. The fraction of sp³-hybridized carbons (Fsp3) is 0.700. The molecule has 0 aromatic heterocycles. The predicted octanol–water partition coefficient (Wildman–Crippen LogP) is 6.05. The van der Waals surface area contributed by atoms with E-state index in [9.17, 15) is 14.4 Å². The molecule has 1 aromatic rings. The topological polar surface area (TPSA) is 87.7 Å². The highest BCUT2D eigenvalue weighted by Crippen LogP contribution is 2.33. The van der Waals surface area contributed by atoms with Gasteiger partial charge in [-0.05, 0) is 78.4 Å². The monoisotopic (exact) mass is 515 g/mol. The zero-order chi connectivity index (χ0) is 28.0. The number of ether oxygens (including phenoxy) is 1. The van der Waals surface area contributed by atoms with Crippen LogP contribution >= 0.6 is 0 Å². The third kappa shape index (κ3) is 8.75. The molecule has 0 aliphatic heterocycles. The number of nitrogens with one attached hydrogen (secondary N) is 2. The molecule has 1 aliphatic carbocycles. The molecule has 0 saturated heterocycles. The summed E-state index contributed by atoms with van der Waals surface area (Å²) in [5, 5.41) is 6.10. The van der Waals surface area contributed by atoms with Gasteiger partial charge in [-0.15, -0.1) is 0 Å². The van der Waals surface area contributed by atoms with E-state index in [1.807, 2.05) is 65.8 Å². The van der Waals surface area contributed by atoms with Gasteiger partial charge in [-0.25, -0.2) is 4.79 Å². The van der Waals surface area contributed by atoms with Crippen LogP contribution in [0.2, 0.25) is 0 Å². The van der Waals surface area contributed by atoms with Gasteiger partial charge in [0.1, 0.15) is 17.7 Å². The Kier molecular flexibility index (Phi) is 10.6. The van der Waals surface area contributed by atoms with Gasteiger partial charge in [0.2, 0.25) is 11.8 Å². The van der Waals surface area contributed by atoms with Gasteiger partial charge in [0.15, 0.2) is 0 Å². The number of amides is 3. The highest BCUT2D eigenvalue weighted by atomic mass is 16.6. The first-order valence-electron chi connectivity index (χ1n) is 13.8. The molecule has 3 amide bonds. The minimum absolute atomic E-state index is 0.106. The van der Waals surface area contributed by atoms with E-state index in [1.54, 1.807) is 25.7 Å². The van der Waals surface area contributed by atoms with Gasteiger partial charge in [0.05, 0.1) is 0 Å². The zero-order valence-corrected chi connectivity index (χ0v) is 24.4. The summed E-state index contributed by atoms with van der Waals surface area (Å²) >= 11 is 0. The number of hydrogen-bond donors (Lipinski definition) is 2. The van der Waals surface area contributed by atoms with E-state index in [1.165, 1.54) is 6.42 Å². The third-order valence-corrected chi connectivity index (χ3v) is 7.05. The Morgan fingerprint density at radius 2 is 1.62 bits per heavy atom. The average Bonchev–Trinajstić information content (AvgIpc) is 2.79. The summed E-state index contributed by atoms with van der Waals surface area (Å²) in [7, 11) is 0. The van der Waals surface area contributed by atoms with E-state index in [0.29, 0.717) is 6.42 Å². The maximum absolute atomic E-state index is 14.4. The van der Waals surface area contributed by atoms with Crippen LogP contribution < -0.4 is 10.6 Å². The third-order valence-electron chi connectivity index (χ3n) is 7.05. The summed E-state index contributed by atoms with van der Waals surface area (Å²) in [6.45, 7) is 17.1. The summed E-state index contributed by atoms with van der Waals surface area (Å²) in [6.07, 6.45) is 5.31. The van der Waals surface area contributed by atoms with Gasteiger partial charge in [-0.3, -0.25) is 9.59 Å². The second-order valence-electron chi connectivity index (χ2n) is 12.5. The van der Waals surface area contributed by atoms with Crippen molar-refractivity contribution in [2.24, 2.45) is 5.92 Å². The zero-order valence-electron chi connectivity index (χ0n) is 24.4. The molecule has 1 saturated carbocycles. The lowest BCUT2D eigenvalue weighted by Crippen LogP contribution is -2.60. The van der Waals surface area contributed by atoms with Crippen LogP contribution in [0.25, 0.3) is 0 Å². The Bertz CT molecular complexity index is 925. The Labute approximate surface area is 224 Å². The molecule has 0 spiro atoms. The van der Waals surface area contributed by atoms with Gasteiger partial charge < -0.3 is 20.3 Å². The molecule has 2 N–H and O–H groups in total. The number of aryl methyl sites for hydroxylation is 1. The van der Waals surface area contributed by atoms with Crippen molar-refractivity contribution in [2.45, 2.75) is 130 Å². The minimum Gasteiger partial charge on any atom is -0.444 e. The lowest BCUT2D eigenvalue weighted by molar-refractivity contribution is -0.149. The molecule has 0 heterocycles. The molecule has 0 radical (unpaired) electrons. The molecule has 0 bridgehead atoms. The van der Waals surface area contributed by atoms with Crippen molar-refractivity contribution in [1.82, 2.24) is 15.5 Å². The lowest BCUT2D eigenvalue weighted by atomic mass is 9.89. The molecular weight excluding hydrogens is 466 g/mol. The maximum Gasteiger partial charge on any atom is 0.408 e. The maximum atomic E-state index is 14.4. The predicted molar refractivity (Wildman–Crippen MR) is 148 cm³/mol. The number of carbonyl (C=O) groups is 3. The van der Waals surface area contributed by atoms with Gasteiger partial charge in [-0.1, -0.05) is 63.8 Å². The molecule has 37 heavy (non-hydrogen) atoms. The first-order valence-corrected chi connectivity index (χ1v) is 13.8. The van der Waals surface area contributed by atoms with E-state index >= 15 is 0 Å². The molecule has 1 fully saturated rings. The number of rotatable bonds is 8. The summed E-state index contributed by atoms with van der Waals surface area (Å²) in [4.78, 5) is 42.8. The van der Waals surface area contributed by atoms with Crippen LogP contribution in [0.1, 0.15) is 111 Å². The quantitative estimate of drug-likeness (QED) is 0.441. The highest BCUT2D eigenvalue weighted by Gasteiger charge is 2.43. The van der Waals surface area contributed by atoms with Crippen LogP contribution in [0, 0.1) is 12.8 Å². The number of hydrogen-bond acceptors (Lipinski definition) is 4. The fourth-order valence-electron chi connectivity index (χ4n) is 4.93. The molecule has 208 valence electrons. The molecule has 3 unspecified atom stereocenters. The van der Waals surface area contributed by atoms with Crippen molar-refractivity contribution in [3.8, 4) is 0 Å². The highest BCUT2D eigenvalue weighted by molar-refractivity contribution is 5.93. The molecule has 1 aliphatic rings. The second kappa shape index (κ2) is 12.8. The lowest BCUT2D eigenvalue weighted by Gasteiger charge is -2.44. The first kappa shape index (κ1) is 30.7. The molecule has 2 rings (SSSR count). The molecule has 7 nitrogen and oxygen atoms in total. The van der Waals surface area contributed by atoms with Crippen molar-refractivity contribution >= 4 is 17.9 Å². The van der Waals surface area contributed by atoms with Crippen LogP contribution in [0.15, 0.2) is 24.3 Å². The average molecular weight is 516 g/mol. The second-order valence-corrected chi connectivity index (χ2v) is 12.5. The van der Waals surface area contributed by atoms with E-state index in [0.717, 1.165) is 36.8 Å². The van der Waals surface area contributed by atoms with Crippen LogP contribution in [0.5, 0.6) is 0 Å². The summed E-state index contributed by atoms with van der Waals surface area (Å²) < 4.78 is 5.49. The molecule has 7 heteroatoms.